The normalized spacial score (nSPS) is 14.1. The fourth-order valence-electron chi connectivity index (χ4n) is 4.03. The second kappa shape index (κ2) is 10.1. The predicted molar refractivity (Wildman–Crippen MR) is 123 cm³/mol. The van der Waals surface area contributed by atoms with E-state index in [1.807, 2.05) is 71.6 Å². The molecular weight excluding hydrogens is 402 g/mol. The van der Waals surface area contributed by atoms with Crippen LogP contribution in [-0.2, 0) is 11.2 Å². The first-order chi connectivity index (χ1) is 15.6. The van der Waals surface area contributed by atoms with Crippen molar-refractivity contribution in [1.29, 1.82) is 0 Å². The van der Waals surface area contributed by atoms with Gasteiger partial charge in [0.2, 0.25) is 5.91 Å². The van der Waals surface area contributed by atoms with Gasteiger partial charge in [0, 0.05) is 42.1 Å². The van der Waals surface area contributed by atoms with Crippen molar-refractivity contribution in [2.45, 2.75) is 25.3 Å². The largest absolute Gasteiger partial charge is 0.496 e. The summed E-state index contributed by atoms with van der Waals surface area (Å²) in [6.45, 7) is 1.25. The lowest BCUT2D eigenvalue weighted by atomic mass is 10.0. The van der Waals surface area contributed by atoms with E-state index in [1.165, 1.54) is 0 Å². The predicted octanol–water partition coefficient (Wildman–Crippen LogP) is 3.72. The van der Waals surface area contributed by atoms with Gasteiger partial charge in [-0.3, -0.25) is 14.6 Å². The van der Waals surface area contributed by atoms with Gasteiger partial charge in [0.25, 0.3) is 5.91 Å². The molecule has 1 aromatic heterocycles. The summed E-state index contributed by atoms with van der Waals surface area (Å²) in [5, 5.41) is 3.07. The first-order valence-electron chi connectivity index (χ1n) is 10.9. The quantitative estimate of drug-likeness (QED) is 0.648. The maximum Gasteiger partial charge on any atom is 0.253 e. The van der Waals surface area contributed by atoms with Crippen LogP contribution in [0.5, 0.6) is 5.75 Å². The summed E-state index contributed by atoms with van der Waals surface area (Å²) < 4.78 is 5.43. The average Bonchev–Trinajstić information content (AvgIpc) is 2.85. The molecule has 3 aromatic rings. The summed E-state index contributed by atoms with van der Waals surface area (Å²) in [6.07, 6.45) is 3.46. The number of ether oxygens (including phenoxy) is 1. The molecule has 4 rings (SSSR count). The van der Waals surface area contributed by atoms with Crippen molar-refractivity contribution in [2.75, 3.05) is 20.2 Å². The highest BCUT2D eigenvalue weighted by atomic mass is 16.5. The number of carbonyl (C=O) groups excluding carboxylic acids is 2. The third-order valence-electron chi connectivity index (χ3n) is 5.76. The van der Waals surface area contributed by atoms with Crippen LogP contribution in [-0.4, -0.2) is 47.9 Å². The SMILES string of the molecule is COc1ccccc1-c1ccc(C(=O)N2CCC(NC(=O)Cc3ccccn3)CC2)cc1. The fraction of sp³-hybridized carbons (Fsp3) is 0.269. The molecule has 2 heterocycles. The number of nitrogens with one attached hydrogen (secondary N) is 1. The number of benzene rings is 2. The lowest BCUT2D eigenvalue weighted by Gasteiger charge is -2.32. The Balaban J connectivity index is 1.31. The van der Waals surface area contributed by atoms with Crippen LogP contribution in [0.1, 0.15) is 28.9 Å². The molecule has 0 aliphatic carbocycles. The van der Waals surface area contributed by atoms with Crippen molar-refractivity contribution >= 4 is 11.8 Å². The van der Waals surface area contributed by atoms with Gasteiger partial charge in [0.15, 0.2) is 0 Å². The number of nitrogens with zero attached hydrogens (tertiary/aromatic N) is 2. The van der Waals surface area contributed by atoms with E-state index in [4.69, 9.17) is 4.74 Å². The number of hydrogen-bond donors (Lipinski definition) is 1. The molecule has 6 nitrogen and oxygen atoms in total. The Labute approximate surface area is 188 Å². The molecular formula is C26H27N3O3. The Morgan fingerprint density at radius 2 is 1.72 bits per heavy atom. The number of aromatic nitrogens is 1. The molecule has 1 aliphatic heterocycles. The van der Waals surface area contributed by atoms with Crippen LogP contribution >= 0.6 is 0 Å². The van der Waals surface area contributed by atoms with Gasteiger partial charge in [0.1, 0.15) is 5.75 Å². The lowest BCUT2D eigenvalue weighted by molar-refractivity contribution is -0.121. The van der Waals surface area contributed by atoms with Crippen LogP contribution in [0, 0.1) is 0 Å². The maximum absolute atomic E-state index is 12.9. The van der Waals surface area contributed by atoms with Gasteiger partial charge in [-0.25, -0.2) is 0 Å². The number of likely N-dealkylation sites (tertiary alicyclic amines) is 1. The number of hydrogen-bond acceptors (Lipinski definition) is 4. The van der Waals surface area contributed by atoms with Crippen molar-refractivity contribution in [3.8, 4) is 16.9 Å². The van der Waals surface area contributed by atoms with E-state index in [-0.39, 0.29) is 24.3 Å². The molecule has 164 valence electrons. The van der Waals surface area contributed by atoms with E-state index in [1.54, 1.807) is 13.3 Å². The second-order valence-corrected chi connectivity index (χ2v) is 7.91. The monoisotopic (exact) mass is 429 g/mol. The number of rotatable bonds is 6. The Morgan fingerprint density at radius 3 is 2.41 bits per heavy atom. The molecule has 1 saturated heterocycles. The third-order valence-corrected chi connectivity index (χ3v) is 5.76. The minimum Gasteiger partial charge on any atom is -0.496 e. The van der Waals surface area contributed by atoms with E-state index in [0.29, 0.717) is 18.7 Å². The van der Waals surface area contributed by atoms with Crippen LogP contribution in [0.15, 0.2) is 72.9 Å². The number of para-hydroxylation sites is 1. The van der Waals surface area contributed by atoms with Crippen molar-refractivity contribution in [3.63, 3.8) is 0 Å². The van der Waals surface area contributed by atoms with Crippen LogP contribution < -0.4 is 10.1 Å². The summed E-state index contributed by atoms with van der Waals surface area (Å²) in [5.41, 5.74) is 3.43. The molecule has 0 saturated carbocycles. The highest BCUT2D eigenvalue weighted by molar-refractivity contribution is 5.95. The van der Waals surface area contributed by atoms with Gasteiger partial charge in [-0.15, -0.1) is 0 Å². The van der Waals surface area contributed by atoms with Crippen LogP contribution in [0.25, 0.3) is 11.1 Å². The highest BCUT2D eigenvalue weighted by Gasteiger charge is 2.24. The van der Waals surface area contributed by atoms with E-state index >= 15 is 0 Å². The maximum atomic E-state index is 12.9. The van der Waals surface area contributed by atoms with Crippen LogP contribution in [0.2, 0.25) is 0 Å². The molecule has 2 amide bonds. The Bertz CT molecular complexity index is 1060. The molecule has 6 heteroatoms. The Hall–Kier alpha value is -3.67. The second-order valence-electron chi connectivity index (χ2n) is 7.91. The average molecular weight is 430 g/mol. The molecule has 2 aromatic carbocycles. The Kier molecular flexibility index (Phi) is 6.80. The van der Waals surface area contributed by atoms with Gasteiger partial charge in [-0.05, 0) is 48.7 Å². The van der Waals surface area contributed by atoms with Gasteiger partial charge < -0.3 is 15.0 Å². The topological polar surface area (TPSA) is 71.5 Å². The number of amides is 2. The number of pyridine rings is 1. The first-order valence-corrected chi connectivity index (χ1v) is 10.9. The molecule has 1 aliphatic rings. The molecule has 0 bridgehead atoms. The smallest absolute Gasteiger partial charge is 0.253 e. The first kappa shape index (κ1) is 21.6. The molecule has 0 spiro atoms. The summed E-state index contributed by atoms with van der Waals surface area (Å²) in [7, 11) is 1.65. The van der Waals surface area contributed by atoms with Crippen molar-refractivity contribution in [2.24, 2.45) is 0 Å². The van der Waals surface area contributed by atoms with Crippen molar-refractivity contribution in [1.82, 2.24) is 15.2 Å². The Morgan fingerprint density at radius 1 is 1.00 bits per heavy atom. The lowest BCUT2D eigenvalue weighted by Crippen LogP contribution is -2.46. The molecule has 1 fully saturated rings. The van der Waals surface area contributed by atoms with E-state index in [2.05, 4.69) is 10.3 Å². The summed E-state index contributed by atoms with van der Waals surface area (Å²) in [4.78, 5) is 31.3. The molecule has 1 N–H and O–H groups in total. The zero-order chi connectivity index (χ0) is 22.3. The minimum absolute atomic E-state index is 0.0230. The molecule has 0 unspecified atom stereocenters. The van der Waals surface area contributed by atoms with Crippen molar-refractivity contribution in [3.05, 3.63) is 84.2 Å². The summed E-state index contributed by atoms with van der Waals surface area (Å²) in [6, 6.07) is 21.1. The van der Waals surface area contributed by atoms with Gasteiger partial charge in [-0.2, -0.15) is 0 Å². The number of carbonyl (C=O) groups is 2. The van der Waals surface area contributed by atoms with Gasteiger partial charge >= 0.3 is 0 Å². The van der Waals surface area contributed by atoms with Gasteiger partial charge in [0.05, 0.1) is 13.5 Å². The zero-order valence-electron chi connectivity index (χ0n) is 18.2. The standard InChI is InChI=1S/C26H27N3O3/c1-32-24-8-3-2-7-23(24)19-9-11-20(12-10-19)26(31)29-16-13-21(14-17-29)28-25(30)18-22-6-4-5-15-27-22/h2-12,15,21H,13-14,16-18H2,1H3,(H,28,30). The zero-order valence-corrected chi connectivity index (χ0v) is 18.2. The number of methoxy groups -OCH3 is 1. The fourth-order valence-corrected chi connectivity index (χ4v) is 4.03. The van der Waals surface area contributed by atoms with E-state index < -0.39 is 0 Å². The van der Waals surface area contributed by atoms with Crippen LogP contribution in [0.4, 0.5) is 0 Å². The molecule has 32 heavy (non-hydrogen) atoms. The van der Waals surface area contributed by atoms with E-state index in [9.17, 15) is 9.59 Å². The highest BCUT2D eigenvalue weighted by Crippen LogP contribution is 2.29. The summed E-state index contributed by atoms with van der Waals surface area (Å²) in [5.74, 6) is 0.800. The third kappa shape index (κ3) is 5.14. The summed E-state index contributed by atoms with van der Waals surface area (Å²) >= 11 is 0. The van der Waals surface area contributed by atoms with E-state index in [0.717, 1.165) is 35.4 Å². The minimum atomic E-state index is -0.0274. The van der Waals surface area contributed by atoms with Gasteiger partial charge in [-0.1, -0.05) is 36.4 Å². The molecule has 0 atom stereocenters. The van der Waals surface area contributed by atoms with Crippen LogP contribution in [0.3, 0.4) is 0 Å². The number of piperidine rings is 1. The van der Waals surface area contributed by atoms with Crippen molar-refractivity contribution < 1.29 is 14.3 Å². The molecule has 0 radical (unpaired) electrons.